The lowest BCUT2D eigenvalue weighted by molar-refractivity contribution is 0.112. The summed E-state index contributed by atoms with van der Waals surface area (Å²) in [6.45, 7) is 0. The number of phenolic OH excluding ortho intramolecular Hbond substituents is 1. The summed E-state index contributed by atoms with van der Waals surface area (Å²) in [6.07, 6.45) is 0.806. The average molecular weight is 238 g/mol. The SMILES string of the molecule is O=Cc1ccc2c(-c3ccc(O)cc3)n[nH]c2c1. The van der Waals surface area contributed by atoms with Crippen molar-refractivity contribution in [2.75, 3.05) is 0 Å². The molecule has 18 heavy (non-hydrogen) atoms. The van der Waals surface area contributed by atoms with E-state index >= 15 is 0 Å². The Labute approximate surface area is 103 Å². The molecule has 0 spiro atoms. The van der Waals surface area contributed by atoms with E-state index in [1.807, 2.05) is 6.07 Å². The summed E-state index contributed by atoms with van der Waals surface area (Å²) in [5.74, 6) is 0.224. The standard InChI is InChI=1S/C14H10N2O2/c17-8-9-1-6-12-13(7-9)15-16-14(12)10-2-4-11(18)5-3-10/h1-8,18H,(H,15,16). The second kappa shape index (κ2) is 4.00. The molecule has 3 rings (SSSR count). The highest BCUT2D eigenvalue weighted by molar-refractivity contribution is 5.95. The maximum atomic E-state index is 10.7. The van der Waals surface area contributed by atoms with Gasteiger partial charge in [-0.05, 0) is 36.4 Å². The largest absolute Gasteiger partial charge is 0.508 e. The molecule has 0 fully saturated rings. The van der Waals surface area contributed by atoms with Crippen LogP contribution >= 0.6 is 0 Å². The van der Waals surface area contributed by atoms with Crippen molar-refractivity contribution in [3.05, 3.63) is 48.0 Å². The third-order valence-corrected chi connectivity index (χ3v) is 2.86. The first-order valence-corrected chi connectivity index (χ1v) is 5.50. The van der Waals surface area contributed by atoms with Crippen LogP contribution in [0.3, 0.4) is 0 Å². The summed E-state index contributed by atoms with van der Waals surface area (Å²) < 4.78 is 0. The number of nitrogens with zero attached hydrogens (tertiary/aromatic N) is 1. The van der Waals surface area contributed by atoms with Crippen molar-refractivity contribution in [3.63, 3.8) is 0 Å². The van der Waals surface area contributed by atoms with E-state index in [4.69, 9.17) is 0 Å². The van der Waals surface area contributed by atoms with E-state index in [0.717, 1.165) is 28.4 Å². The van der Waals surface area contributed by atoms with Gasteiger partial charge in [-0.15, -0.1) is 0 Å². The van der Waals surface area contributed by atoms with Gasteiger partial charge in [-0.25, -0.2) is 0 Å². The Morgan fingerprint density at radius 1 is 1.11 bits per heavy atom. The third kappa shape index (κ3) is 1.64. The summed E-state index contributed by atoms with van der Waals surface area (Å²) in [5, 5.41) is 17.4. The van der Waals surface area contributed by atoms with E-state index in [9.17, 15) is 9.90 Å². The van der Waals surface area contributed by atoms with E-state index in [1.165, 1.54) is 0 Å². The topological polar surface area (TPSA) is 66.0 Å². The number of aldehydes is 1. The lowest BCUT2D eigenvalue weighted by atomic mass is 10.1. The molecular weight excluding hydrogens is 228 g/mol. The van der Waals surface area contributed by atoms with Crippen LogP contribution in [-0.4, -0.2) is 21.6 Å². The molecule has 0 amide bonds. The maximum absolute atomic E-state index is 10.7. The van der Waals surface area contributed by atoms with E-state index < -0.39 is 0 Å². The highest BCUT2D eigenvalue weighted by atomic mass is 16.3. The number of hydrogen-bond acceptors (Lipinski definition) is 3. The molecule has 3 aromatic rings. The van der Waals surface area contributed by atoms with Gasteiger partial charge in [-0.3, -0.25) is 9.89 Å². The zero-order valence-electron chi connectivity index (χ0n) is 9.42. The minimum absolute atomic E-state index is 0.224. The number of hydrogen-bond donors (Lipinski definition) is 2. The van der Waals surface area contributed by atoms with Crippen LogP contribution in [-0.2, 0) is 0 Å². The van der Waals surface area contributed by atoms with Crippen LogP contribution in [0.2, 0.25) is 0 Å². The van der Waals surface area contributed by atoms with E-state index in [1.54, 1.807) is 36.4 Å². The van der Waals surface area contributed by atoms with Crippen molar-refractivity contribution >= 4 is 17.2 Å². The highest BCUT2D eigenvalue weighted by Crippen LogP contribution is 2.27. The number of aromatic nitrogens is 2. The monoisotopic (exact) mass is 238 g/mol. The van der Waals surface area contributed by atoms with Gasteiger partial charge in [-0.2, -0.15) is 5.10 Å². The molecule has 0 unspecified atom stereocenters. The molecule has 4 nitrogen and oxygen atoms in total. The normalized spacial score (nSPS) is 10.7. The second-order valence-electron chi connectivity index (χ2n) is 4.04. The van der Waals surface area contributed by atoms with Crippen LogP contribution in [0.4, 0.5) is 0 Å². The number of aromatic hydroxyl groups is 1. The van der Waals surface area contributed by atoms with Gasteiger partial charge in [0.25, 0.3) is 0 Å². The van der Waals surface area contributed by atoms with Crippen molar-refractivity contribution < 1.29 is 9.90 Å². The van der Waals surface area contributed by atoms with E-state index in [-0.39, 0.29) is 5.75 Å². The zero-order chi connectivity index (χ0) is 12.5. The van der Waals surface area contributed by atoms with Gasteiger partial charge in [0.2, 0.25) is 0 Å². The number of rotatable bonds is 2. The number of benzene rings is 2. The number of carbonyl (C=O) groups is 1. The highest BCUT2D eigenvalue weighted by Gasteiger charge is 2.08. The predicted octanol–water partition coefficient (Wildman–Crippen LogP) is 2.75. The number of H-pyrrole nitrogens is 1. The van der Waals surface area contributed by atoms with Crippen LogP contribution in [0.1, 0.15) is 10.4 Å². The molecule has 0 atom stereocenters. The van der Waals surface area contributed by atoms with Gasteiger partial charge in [0.1, 0.15) is 12.0 Å². The first kappa shape index (κ1) is 10.5. The summed E-state index contributed by atoms with van der Waals surface area (Å²) in [4.78, 5) is 10.7. The van der Waals surface area contributed by atoms with Crippen LogP contribution in [0.5, 0.6) is 5.75 Å². The molecule has 0 radical (unpaired) electrons. The Morgan fingerprint density at radius 3 is 2.61 bits per heavy atom. The quantitative estimate of drug-likeness (QED) is 0.674. The fourth-order valence-electron chi connectivity index (χ4n) is 1.95. The average Bonchev–Trinajstić information content (AvgIpc) is 2.82. The van der Waals surface area contributed by atoms with Crippen molar-refractivity contribution in [3.8, 4) is 17.0 Å². The first-order valence-electron chi connectivity index (χ1n) is 5.50. The Hall–Kier alpha value is -2.62. The molecule has 4 heteroatoms. The lowest BCUT2D eigenvalue weighted by Gasteiger charge is -1.98. The molecule has 0 aliphatic heterocycles. The summed E-state index contributed by atoms with van der Waals surface area (Å²) in [7, 11) is 0. The Morgan fingerprint density at radius 2 is 1.89 bits per heavy atom. The predicted molar refractivity (Wildman–Crippen MR) is 68.6 cm³/mol. The fourth-order valence-corrected chi connectivity index (χ4v) is 1.95. The third-order valence-electron chi connectivity index (χ3n) is 2.86. The van der Waals surface area contributed by atoms with Crippen LogP contribution in [0.15, 0.2) is 42.5 Å². The van der Waals surface area contributed by atoms with Crippen molar-refractivity contribution in [2.45, 2.75) is 0 Å². The molecule has 1 aromatic heterocycles. The molecule has 0 saturated carbocycles. The molecule has 0 aliphatic carbocycles. The molecular formula is C14H10N2O2. The van der Waals surface area contributed by atoms with Gasteiger partial charge >= 0.3 is 0 Å². The van der Waals surface area contributed by atoms with E-state index in [0.29, 0.717) is 5.56 Å². The van der Waals surface area contributed by atoms with Gasteiger partial charge in [-0.1, -0.05) is 6.07 Å². The summed E-state index contributed by atoms with van der Waals surface area (Å²) in [5.41, 5.74) is 3.16. The van der Waals surface area contributed by atoms with Crippen LogP contribution < -0.4 is 0 Å². The number of phenols is 1. The van der Waals surface area contributed by atoms with Gasteiger partial charge < -0.3 is 5.11 Å². The van der Waals surface area contributed by atoms with Crippen molar-refractivity contribution in [1.82, 2.24) is 10.2 Å². The smallest absolute Gasteiger partial charge is 0.150 e. The van der Waals surface area contributed by atoms with Crippen LogP contribution in [0.25, 0.3) is 22.2 Å². The minimum Gasteiger partial charge on any atom is -0.508 e. The number of fused-ring (bicyclic) bond motifs is 1. The summed E-state index contributed by atoms with van der Waals surface area (Å²) >= 11 is 0. The van der Waals surface area contributed by atoms with Crippen molar-refractivity contribution in [2.24, 2.45) is 0 Å². The lowest BCUT2D eigenvalue weighted by Crippen LogP contribution is -1.79. The number of carbonyl (C=O) groups excluding carboxylic acids is 1. The maximum Gasteiger partial charge on any atom is 0.150 e. The van der Waals surface area contributed by atoms with Gasteiger partial charge in [0.05, 0.1) is 11.2 Å². The van der Waals surface area contributed by atoms with Crippen molar-refractivity contribution in [1.29, 1.82) is 0 Å². The van der Waals surface area contributed by atoms with Crippen LogP contribution in [0, 0.1) is 0 Å². The Balaban J connectivity index is 2.18. The second-order valence-corrected chi connectivity index (χ2v) is 4.04. The Kier molecular flexibility index (Phi) is 2.34. The molecule has 0 bridgehead atoms. The first-order chi connectivity index (χ1) is 8.78. The molecule has 0 saturated heterocycles. The summed E-state index contributed by atoms with van der Waals surface area (Å²) in [6, 6.07) is 12.2. The molecule has 2 aromatic carbocycles. The molecule has 0 aliphatic rings. The van der Waals surface area contributed by atoms with E-state index in [2.05, 4.69) is 10.2 Å². The molecule has 88 valence electrons. The van der Waals surface area contributed by atoms with Gasteiger partial charge in [0.15, 0.2) is 0 Å². The fraction of sp³-hybridized carbons (Fsp3) is 0. The minimum atomic E-state index is 0.224. The number of aromatic amines is 1. The molecule has 2 N–H and O–H groups in total. The molecule has 1 heterocycles. The van der Waals surface area contributed by atoms with Gasteiger partial charge in [0, 0.05) is 16.5 Å². The number of nitrogens with one attached hydrogen (secondary N) is 1. The Bertz CT molecular complexity index is 714. The zero-order valence-corrected chi connectivity index (χ0v) is 9.42.